The van der Waals surface area contributed by atoms with Gasteiger partial charge in [0.1, 0.15) is 11.3 Å². The van der Waals surface area contributed by atoms with Crippen molar-refractivity contribution in [3.8, 4) is 0 Å². The van der Waals surface area contributed by atoms with Gasteiger partial charge in [-0.3, -0.25) is 4.79 Å². The summed E-state index contributed by atoms with van der Waals surface area (Å²) in [5.74, 6) is 0.986. The van der Waals surface area contributed by atoms with Crippen LogP contribution in [0.4, 0.5) is 5.69 Å². The first-order chi connectivity index (χ1) is 9.70. The van der Waals surface area contributed by atoms with E-state index in [0.717, 1.165) is 5.52 Å². The standard InChI is InChI=1S/C15H12N2O3/c1-10-16-13-6-4-11(9-14(13)20-10)17-15(18)7-5-12-3-2-8-19-12/h2-9H,1H3,(H,17,18). The van der Waals surface area contributed by atoms with E-state index in [9.17, 15) is 4.79 Å². The summed E-state index contributed by atoms with van der Waals surface area (Å²) in [6.07, 6.45) is 4.57. The summed E-state index contributed by atoms with van der Waals surface area (Å²) < 4.78 is 10.5. The monoisotopic (exact) mass is 268 g/mol. The Morgan fingerprint density at radius 2 is 2.25 bits per heavy atom. The molecule has 0 fully saturated rings. The first-order valence-corrected chi connectivity index (χ1v) is 6.10. The fourth-order valence-corrected chi connectivity index (χ4v) is 1.85. The molecule has 0 spiro atoms. The lowest BCUT2D eigenvalue weighted by atomic mass is 10.3. The van der Waals surface area contributed by atoms with Gasteiger partial charge >= 0.3 is 0 Å². The summed E-state index contributed by atoms with van der Waals surface area (Å²) in [4.78, 5) is 16.0. The van der Waals surface area contributed by atoms with Crippen LogP contribution in [0.15, 0.2) is 51.5 Å². The normalized spacial score (nSPS) is 11.2. The third-order valence-electron chi connectivity index (χ3n) is 2.71. The zero-order valence-electron chi connectivity index (χ0n) is 10.8. The minimum atomic E-state index is -0.239. The molecule has 3 aromatic rings. The van der Waals surface area contributed by atoms with Gasteiger partial charge in [-0.05, 0) is 30.3 Å². The minimum absolute atomic E-state index is 0.239. The molecule has 2 heterocycles. The van der Waals surface area contributed by atoms with Crippen molar-refractivity contribution in [3.63, 3.8) is 0 Å². The van der Waals surface area contributed by atoms with Gasteiger partial charge in [0, 0.05) is 24.8 Å². The number of amides is 1. The van der Waals surface area contributed by atoms with Crippen molar-refractivity contribution in [2.24, 2.45) is 0 Å². The summed E-state index contributed by atoms with van der Waals surface area (Å²) in [6, 6.07) is 8.86. The molecular formula is C15H12N2O3. The Morgan fingerprint density at radius 3 is 3.05 bits per heavy atom. The summed E-state index contributed by atoms with van der Waals surface area (Å²) in [7, 11) is 0. The van der Waals surface area contributed by atoms with E-state index < -0.39 is 0 Å². The van der Waals surface area contributed by atoms with E-state index in [0.29, 0.717) is 22.9 Å². The van der Waals surface area contributed by atoms with E-state index >= 15 is 0 Å². The smallest absolute Gasteiger partial charge is 0.248 e. The molecule has 20 heavy (non-hydrogen) atoms. The van der Waals surface area contributed by atoms with Crippen LogP contribution in [0.1, 0.15) is 11.7 Å². The van der Waals surface area contributed by atoms with Crippen LogP contribution < -0.4 is 5.32 Å². The fourth-order valence-electron chi connectivity index (χ4n) is 1.85. The number of hydrogen-bond donors (Lipinski definition) is 1. The number of fused-ring (bicyclic) bond motifs is 1. The summed E-state index contributed by atoms with van der Waals surface area (Å²) >= 11 is 0. The average molecular weight is 268 g/mol. The van der Waals surface area contributed by atoms with Crippen LogP contribution in [0.25, 0.3) is 17.2 Å². The number of furan rings is 1. The zero-order valence-corrected chi connectivity index (χ0v) is 10.8. The molecule has 0 aliphatic carbocycles. The molecule has 0 bridgehead atoms. The number of anilines is 1. The van der Waals surface area contributed by atoms with Crippen molar-refractivity contribution in [1.29, 1.82) is 0 Å². The number of aryl methyl sites for hydroxylation is 1. The van der Waals surface area contributed by atoms with Crippen molar-refractivity contribution in [1.82, 2.24) is 4.98 Å². The number of aromatic nitrogens is 1. The van der Waals surface area contributed by atoms with Crippen molar-refractivity contribution in [2.75, 3.05) is 5.32 Å². The van der Waals surface area contributed by atoms with E-state index in [2.05, 4.69) is 10.3 Å². The van der Waals surface area contributed by atoms with Crippen LogP contribution in [0.2, 0.25) is 0 Å². The van der Waals surface area contributed by atoms with Crippen molar-refractivity contribution < 1.29 is 13.6 Å². The molecule has 0 unspecified atom stereocenters. The molecule has 1 amide bonds. The summed E-state index contributed by atoms with van der Waals surface area (Å²) in [5.41, 5.74) is 2.07. The second-order valence-corrected chi connectivity index (χ2v) is 4.25. The number of nitrogens with zero attached hydrogens (tertiary/aromatic N) is 1. The lowest BCUT2D eigenvalue weighted by Gasteiger charge is -2.00. The van der Waals surface area contributed by atoms with Gasteiger partial charge in [-0.1, -0.05) is 0 Å². The second kappa shape index (κ2) is 5.05. The van der Waals surface area contributed by atoms with E-state index in [1.807, 2.05) is 0 Å². The quantitative estimate of drug-likeness (QED) is 0.739. The van der Waals surface area contributed by atoms with E-state index in [-0.39, 0.29) is 5.91 Å². The molecule has 5 nitrogen and oxygen atoms in total. The molecule has 5 heteroatoms. The Bertz CT molecular complexity index is 770. The number of rotatable bonds is 3. The fraction of sp³-hybridized carbons (Fsp3) is 0.0667. The second-order valence-electron chi connectivity index (χ2n) is 4.25. The zero-order chi connectivity index (χ0) is 13.9. The summed E-state index contributed by atoms with van der Waals surface area (Å²) in [5, 5.41) is 2.75. The molecule has 1 aromatic carbocycles. The molecular weight excluding hydrogens is 256 g/mol. The topological polar surface area (TPSA) is 68.3 Å². The van der Waals surface area contributed by atoms with Crippen LogP contribution in [-0.2, 0) is 4.79 Å². The Kier molecular flexibility index (Phi) is 3.09. The number of oxazole rings is 1. The average Bonchev–Trinajstić information content (AvgIpc) is 3.04. The molecule has 3 rings (SSSR count). The lowest BCUT2D eigenvalue weighted by Crippen LogP contribution is -2.07. The summed E-state index contributed by atoms with van der Waals surface area (Å²) in [6.45, 7) is 1.78. The number of hydrogen-bond acceptors (Lipinski definition) is 4. The van der Waals surface area contributed by atoms with Crippen molar-refractivity contribution in [2.45, 2.75) is 6.92 Å². The molecule has 0 radical (unpaired) electrons. The highest BCUT2D eigenvalue weighted by atomic mass is 16.3. The van der Waals surface area contributed by atoms with E-state index in [1.54, 1.807) is 49.6 Å². The molecule has 2 aromatic heterocycles. The highest BCUT2D eigenvalue weighted by Gasteiger charge is 2.04. The highest BCUT2D eigenvalue weighted by molar-refractivity contribution is 6.02. The van der Waals surface area contributed by atoms with Crippen molar-refractivity contribution in [3.05, 3.63) is 54.3 Å². The number of carbonyl (C=O) groups is 1. The van der Waals surface area contributed by atoms with Gasteiger partial charge in [0.25, 0.3) is 0 Å². The molecule has 0 saturated heterocycles. The predicted octanol–water partition coefficient (Wildman–Crippen LogP) is 3.38. The third kappa shape index (κ3) is 2.61. The number of nitrogens with one attached hydrogen (secondary N) is 1. The van der Waals surface area contributed by atoms with Crippen LogP contribution in [0.3, 0.4) is 0 Å². The van der Waals surface area contributed by atoms with Crippen LogP contribution in [0, 0.1) is 6.92 Å². The Morgan fingerprint density at radius 1 is 1.35 bits per heavy atom. The maximum Gasteiger partial charge on any atom is 0.248 e. The maximum absolute atomic E-state index is 11.8. The minimum Gasteiger partial charge on any atom is -0.465 e. The van der Waals surface area contributed by atoms with Crippen LogP contribution in [0.5, 0.6) is 0 Å². The van der Waals surface area contributed by atoms with Gasteiger partial charge in [-0.2, -0.15) is 0 Å². The number of carbonyl (C=O) groups excluding carboxylic acids is 1. The molecule has 0 aliphatic heterocycles. The Labute approximate surface area is 114 Å². The molecule has 0 aliphatic rings. The Balaban J connectivity index is 1.73. The SMILES string of the molecule is Cc1nc2ccc(NC(=O)C=Cc3ccco3)cc2o1. The van der Waals surface area contributed by atoms with Gasteiger partial charge < -0.3 is 14.2 Å². The van der Waals surface area contributed by atoms with Crippen molar-refractivity contribution >= 4 is 28.8 Å². The van der Waals surface area contributed by atoms with Gasteiger partial charge in [-0.25, -0.2) is 4.98 Å². The van der Waals surface area contributed by atoms with E-state index in [1.165, 1.54) is 6.08 Å². The predicted molar refractivity (Wildman–Crippen MR) is 75.1 cm³/mol. The first kappa shape index (κ1) is 12.2. The van der Waals surface area contributed by atoms with Gasteiger partial charge in [-0.15, -0.1) is 0 Å². The molecule has 0 atom stereocenters. The lowest BCUT2D eigenvalue weighted by molar-refractivity contribution is -0.111. The van der Waals surface area contributed by atoms with Crippen LogP contribution in [-0.4, -0.2) is 10.9 Å². The van der Waals surface area contributed by atoms with Crippen LogP contribution >= 0.6 is 0 Å². The first-order valence-electron chi connectivity index (χ1n) is 6.10. The Hall–Kier alpha value is -2.82. The van der Waals surface area contributed by atoms with E-state index in [4.69, 9.17) is 8.83 Å². The highest BCUT2D eigenvalue weighted by Crippen LogP contribution is 2.19. The van der Waals surface area contributed by atoms with Gasteiger partial charge in [0.2, 0.25) is 5.91 Å². The van der Waals surface area contributed by atoms with Gasteiger partial charge in [0.15, 0.2) is 11.5 Å². The maximum atomic E-state index is 11.8. The molecule has 1 N–H and O–H groups in total. The third-order valence-corrected chi connectivity index (χ3v) is 2.71. The number of benzene rings is 1. The largest absolute Gasteiger partial charge is 0.465 e. The molecule has 100 valence electrons. The molecule has 0 saturated carbocycles. The van der Waals surface area contributed by atoms with Gasteiger partial charge in [0.05, 0.1) is 6.26 Å².